The second-order valence-electron chi connectivity index (χ2n) is 4.75. The maximum Gasteiger partial charge on any atom is 0.139 e. The molecule has 3 heteroatoms. The summed E-state index contributed by atoms with van der Waals surface area (Å²) in [5.41, 5.74) is 1.04. The molecule has 0 amide bonds. The van der Waals surface area contributed by atoms with E-state index in [4.69, 9.17) is 4.74 Å². The lowest BCUT2D eigenvalue weighted by Crippen LogP contribution is -2.15. The second kappa shape index (κ2) is 6.48. The normalized spacial score (nSPS) is 16.8. The van der Waals surface area contributed by atoms with Crippen LogP contribution < -0.4 is 10.1 Å². The largest absolute Gasteiger partial charge is 0.492 e. The molecule has 0 atom stereocenters. The van der Waals surface area contributed by atoms with Gasteiger partial charge >= 0.3 is 0 Å². The lowest BCUT2D eigenvalue weighted by molar-refractivity contribution is 0.208. The van der Waals surface area contributed by atoms with E-state index in [1.165, 1.54) is 32.1 Å². The number of anilines is 1. The van der Waals surface area contributed by atoms with Gasteiger partial charge in [0, 0.05) is 12.6 Å². The first-order chi connectivity index (χ1) is 8.38. The van der Waals surface area contributed by atoms with Crippen LogP contribution in [0.25, 0.3) is 0 Å². The van der Waals surface area contributed by atoms with Gasteiger partial charge in [-0.3, -0.25) is 4.98 Å². The number of pyridine rings is 1. The number of hydrogen-bond acceptors (Lipinski definition) is 3. The third-order valence-electron chi connectivity index (χ3n) is 3.30. The molecule has 0 bridgehead atoms. The van der Waals surface area contributed by atoms with Gasteiger partial charge in [0.25, 0.3) is 0 Å². The molecule has 0 saturated heterocycles. The fourth-order valence-corrected chi connectivity index (χ4v) is 2.37. The van der Waals surface area contributed by atoms with Crippen LogP contribution in [0.3, 0.4) is 0 Å². The molecule has 2 rings (SSSR count). The Bertz CT molecular complexity index is 335. The van der Waals surface area contributed by atoms with Crippen molar-refractivity contribution < 1.29 is 4.74 Å². The average Bonchev–Trinajstić information content (AvgIpc) is 2.39. The maximum atomic E-state index is 5.83. The second-order valence-corrected chi connectivity index (χ2v) is 4.75. The summed E-state index contributed by atoms with van der Waals surface area (Å²) in [5, 5.41) is 3.24. The highest BCUT2D eigenvalue weighted by molar-refractivity contribution is 5.44. The van der Waals surface area contributed by atoms with Crippen molar-refractivity contribution in [3.63, 3.8) is 0 Å². The van der Waals surface area contributed by atoms with Gasteiger partial charge in [-0.25, -0.2) is 0 Å². The van der Waals surface area contributed by atoms with Crippen LogP contribution in [-0.2, 0) is 0 Å². The quantitative estimate of drug-likeness (QED) is 0.847. The first-order valence-electron chi connectivity index (χ1n) is 6.70. The van der Waals surface area contributed by atoms with E-state index in [9.17, 15) is 0 Å². The van der Waals surface area contributed by atoms with Gasteiger partial charge in [0.1, 0.15) is 5.75 Å². The molecule has 0 aromatic carbocycles. The van der Waals surface area contributed by atoms with E-state index in [1.54, 1.807) is 6.20 Å². The molecular formula is C14H22N2O. The molecule has 1 aromatic rings. The van der Waals surface area contributed by atoms with Gasteiger partial charge in [-0.1, -0.05) is 19.3 Å². The fourth-order valence-electron chi connectivity index (χ4n) is 2.37. The van der Waals surface area contributed by atoms with Crippen LogP contribution >= 0.6 is 0 Å². The SMILES string of the molecule is CCNc1cncc(OCC2CCCCC2)c1. The van der Waals surface area contributed by atoms with Gasteiger partial charge < -0.3 is 10.1 Å². The first kappa shape index (κ1) is 12.2. The molecule has 1 N–H and O–H groups in total. The molecular weight excluding hydrogens is 212 g/mol. The Labute approximate surface area is 104 Å². The van der Waals surface area contributed by atoms with E-state index in [0.717, 1.165) is 30.5 Å². The van der Waals surface area contributed by atoms with Crippen molar-refractivity contribution in [1.29, 1.82) is 0 Å². The number of ether oxygens (including phenoxy) is 1. The number of rotatable bonds is 5. The van der Waals surface area contributed by atoms with Crippen LogP contribution in [0.4, 0.5) is 5.69 Å². The number of nitrogens with zero attached hydrogens (tertiary/aromatic N) is 1. The smallest absolute Gasteiger partial charge is 0.139 e. The van der Waals surface area contributed by atoms with Crippen molar-refractivity contribution in [1.82, 2.24) is 4.98 Å². The number of hydrogen-bond donors (Lipinski definition) is 1. The molecule has 17 heavy (non-hydrogen) atoms. The third kappa shape index (κ3) is 3.91. The molecule has 1 aliphatic rings. The molecule has 1 fully saturated rings. The van der Waals surface area contributed by atoms with E-state index >= 15 is 0 Å². The topological polar surface area (TPSA) is 34.2 Å². The van der Waals surface area contributed by atoms with Gasteiger partial charge in [-0.15, -0.1) is 0 Å². The van der Waals surface area contributed by atoms with Crippen LogP contribution in [0, 0.1) is 5.92 Å². The molecule has 3 nitrogen and oxygen atoms in total. The first-order valence-corrected chi connectivity index (χ1v) is 6.70. The van der Waals surface area contributed by atoms with Crippen LogP contribution in [-0.4, -0.2) is 18.1 Å². The van der Waals surface area contributed by atoms with Crippen LogP contribution in [0.5, 0.6) is 5.75 Å². The zero-order valence-electron chi connectivity index (χ0n) is 10.6. The Morgan fingerprint density at radius 3 is 2.88 bits per heavy atom. The zero-order chi connectivity index (χ0) is 11.9. The summed E-state index contributed by atoms with van der Waals surface area (Å²) in [4.78, 5) is 4.18. The molecule has 0 radical (unpaired) electrons. The van der Waals surface area contributed by atoms with Crippen LogP contribution in [0.15, 0.2) is 18.5 Å². The lowest BCUT2D eigenvalue weighted by Gasteiger charge is -2.21. The molecule has 1 saturated carbocycles. The summed E-state index contributed by atoms with van der Waals surface area (Å²) in [7, 11) is 0. The zero-order valence-corrected chi connectivity index (χ0v) is 10.6. The third-order valence-corrected chi connectivity index (χ3v) is 3.30. The summed E-state index contributed by atoms with van der Waals surface area (Å²) in [6.45, 7) is 3.83. The maximum absolute atomic E-state index is 5.83. The predicted octanol–water partition coefficient (Wildman–Crippen LogP) is 3.47. The van der Waals surface area contributed by atoms with E-state index in [1.807, 2.05) is 12.3 Å². The molecule has 1 aromatic heterocycles. The van der Waals surface area contributed by atoms with Crippen molar-refractivity contribution >= 4 is 5.69 Å². The number of nitrogens with one attached hydrogen (secondary N) is 1. The van der Waals surface area contributed by atoms with Crippen LogP contribution in [0.1, 0.15) is 39.0 Å². The Morgan fingerprint density at radius 1 is 1.29 bits per heavy atom. The van der Waals surface area contributed by atoms with E-state index in [2.05, 4.69) is 17.2 Å². The van der Waals surface area contributed by atoms with Gasteiger partial charge in [0.05, 0.1) is 24.7 Å². The Morgan fingerprint density at radius 2 is 2.12 bits per heavy atom. The molecule has 1 heterocycles. The Kier molecular flexibility index (Phi) is 4.65. The molecule has 1 aliphatic carbocycles. The molecule has 0 spiro atoms. The molecule has 0 unspecified atom stereocenters. The Balaban J connectivity index is 1.83. The van der Waals surface area contributed by atoms with Crippen molar-refractivity contribution in [3.05, 3.63) is 18.5 Å². The monoisotopic (exact) mass is 234 g/mol. The Hall–Kier alpha value is -1.25. The van der Waals surface area contributed by atoms with Crippen molar-refractivity contribution in [2.75, 3.05) is 18.5 Å². The lowest BCUT2D eigenvalue weighted by atomic mass is 9.90. The van der Waals surface area contributed by atoms with E-state index < -0.39 is 0 Å². The van der Waals surface area contributed by atoms with Crippen molar-refractivity contribution in [2.24, 2.45) is 5.92 Å². The minimum Gasteiger partial charge on any atom is -0.492 e. The summed E-state index contributed by atoms with van der Waals surface area (Å²) in [5.74, 6) is 1.63. The average molecular weight is 234 g/mol. The minimum atomic E-state index is 0.742. The highest BCUT2D eigenvalue weighted by Gasteiger charge is 2.13. The fraction of sp³-hybridized carbons (Fsp3) is 0.643. The van der Waals surface area contributed by atoms with Gasteiger partial charge in [0.15, 0.2) is 0 Å². The standard InChI is InChI=1S/C14H22N2O/c1-2-16-13-8-14(10-15-9-13)17-11-12-6-4-3-5-7-12/h8-10,12,16H,2-7,11H2,1H3. The van der Waals surface area contributed by atoms with Gasteiger partial charge in [-0.05, 0) is 25.7 Å². The molecule has 0 aliphatic heterocycles. The van der Waals surface area contributed by atoms with Gasteiger partial charge in [0.2, 0.25) is 0 Å². The van der Waals surface area contributed by atoms with Crippen molar-refractivity contribution in [3.8, 4) is 5.75 Å². The predicted molar refractivity (Wildman–Crippen MR) is 70.5 cm³/mol. The minimum absolute atomic E-state index is 0.742. The highest BCUT2D eigenvalue weighted by atomic mass is 16.5. The molecule has 94 valence electrons. The highest BCUT2D eigenvalue weighted by Crippen LogP contribution is 2.25. The summed E-state index contributed by atoms with van der Waals surface area (Å²) < 4.78 is 5.83. The summed E-state index contributed by atoms with van der Waals surface area (Å²) >= 11 is 0. The summed E-state index contributed by atoms with van der Waals surface area (Å²) in [6.07, 6.45) is 10.4. The van der Waals surface area contributed by atoms with E-state index in [-0.39, 0.29) is 0 Å². The summed E-state index contributed by atoms with van der Waals surface area (Å²) in [6, 6.07) is 2.03. The van der Waals surface area contributed by atoms with Crippen molar-refractivity contribution in [2.45, 2.75) is 39.0 Å². The van der Waals surface area contributed by atoms with Crippen LogP contribution in [0.2, 0.25) is 0 Å². The van der Waals surface area contributed by atoms with Gasteiger partial charge in [-0.2, -0.15) is 0 Å². The number of aromatic nitrogens is 1. The van der Waals surface area contributed by atoms with E-state index in [0.29, 0.717) is 0 Å².